The zero-order valence-electron chi connectivity index (χ0n) is 11.9. The van der Waals surface area contributed by atoms with Crippen LogP contribution in [0, 0.1) is 19.7 Å². The monoisotopic (exact) mass is 282 g/mol. The minimum absolute atomic E-state index is 0.185. The van der Waals surface area contributed by atoms with Gasteiger partial charge in [-0.25, -0.2) is 9.37 Å². The fraction of sp³-hybridized carbons (Fsp3) is 0.176. The van der Waals surface area contributed by atoms with Crippen LogP contribution in [0.25, 0.3) is 11.0 Å². The normalized spacial score (nSPS) is 11.0. The Bertz CT molecular complexity index is 884. The Balaban J connectivity index is 2.11. The van der Waals surface area contributed by atoms with Crippen molar-refractivity contribution >= 4 is 11.0 Å². The molecule has 2 aromatic carbocycles. The molecule has 0 spiro atoms. The highest BCUT2D eigenvalue weighted by molar-refractivity contribution is 5.76. The number of H-pyrrole nitrogens is 1. The van der Waals surface area contributed by atoms with Crippen molar-refractivity contribution in [2.24, 2.45) is 0 Å². The van der Waals surface area contributed by atoms with Crippen molar-refractivity contribution in [3.05, 3.63) is 75.0 Å². The minimum Gasteiger partial charge on any atom is -0.319 e. The van der Waals surface area contributed by atoms with Crippen molar-refractivity contribution < 1.29 is 4.39 Å². The molecule has 21 heavy (non-hydrogen) atoms. The first-order chi connectivity index (χ1) is 10.0. The summed E-state index contributed by atoms with van der Waals surface area (Å²) in [4.78, 5) is 19.3. The third-order valence-electron chi connectivity index (χ3n) is 3.69. The molecule has 0 atom stereocenters. The number of benzene rings is 2. The number of nitrogens with zero attached hydrogens (tertiary/aromatic N) is 1. The molecule has 0 bridgehead atoms. The van der Waals surface area contributed by atoms with Crippen molar-refractivity contribution in [2.75, 3.05) is 0 Å². The second-order valence-electron chi connectivity index (χ2n) is 5.23. The molecule has 0 saturated heterocycles. The lowest BCUT2D eigenvalue weighted by molar-refractivity contribution is 0.613. The maximum Gasteiger partial charge on any atom is 0.270 e. The summed E-state index contributed by atoms with van der Waals surface area (Å²) in [6.45, 7) is 3.98. The summed E-state index contributed by atoms with van der Waals surface area (Å²) < 4.78 is 13.7. The van der Waals surface area contributed by atoms with E-state index in [1.165, 1.54) is 6.07 Å². The highest BCUT2D eigenvalue weighted by atomic mass is 19.1. The Morgan fingerprint density at radius 1 is 1.14 bits per heavy atom. The molecule has 1 N–H and O–H groups in total. The number of aromatic amines is 1. The van der Waals surface area contributed by atoms with Gasteiger partial charge in [0.2, 0.25) is 0 Å². The molecule has 3 rings (SSSR count). The minimum atomic E-state index is -0.320. The average Bonchev–Trinajstić information content (AvgIpc) is 2.44. The largest absolute Gasteiger partial charge is 0.319 e. The van der Waals surface area contributed by atoms with E-state index in [1.807, 2.05) is 26.0 Å². The number of hydrogen-bond donors (Lipinski definition) is 1. The first-order valence-electron chi connectivity index (χ1n) is 6.78. The Kier molecular flexibility index (Phi) is 3.29. The van der Waals surface area contributed by atoms with Crippen molar-refractivity contribution in [3.63, 3.8) is 0 Å². The summed E-state index contributed by atoms with van der Waals surface area (Å²) in [5.74, 6) is -0.320. The predicted molar refractivity (Wildman–Crippen MR) is 81.0 cm³/mol. The van der Waals surface area contributed by atoms with E-state index in [1.54, 1.807) is 18.2 Å². The van der Waals surface area contributed by atoms with Gasteiger partial charge in [0.1, 0.15) is 11.5 Å². The molecular weight excluding hydrogens is 267 g/mol. The Morgan fingerprint density at radius 2 is 1.86 bits per heavy atom. The number of aryl methyl sites for hydroxylation is 2. The summed E-state index contributed by atoms with van der Waals surface area (Å²) in [6.07, 6.45) is 0.185. The van der Waals surface area contributed by atoms with Gasteiger partial charge in [-0.2, -0.15) is 0 Å². The van der Waals surface area contributed by atoms with Gasteiger partial charge in [0.05, 0.1) is 11.0 Å². The molecule has 0 aliphatic heterocycles. The third kappa shape index (κ3) is 2.57. The lowest BCUT2D eigenvalue weighted by Crippen LogP contribution is -2.16. The zero-order chi connectivity index (χ0) is 15.0. The molecule has 1 heterocycles. The van der Waals surface area contributed by atoms with Crippen LogP contribution in [-0.4, -0.2) is 9.97 Å². The molecule has 0 amide bonds. The number of halogens is 1. The van der Waals surface area contributed by atoms with E-state index in [4.69, 9.17) is 0 Å². The van der Waals surface area contributed by atoms with E-state index in [9.17, 15) is 9.18 Å². The molecule has 0 aliphatic rings. The van der Waals surface area contributed by atoms with E-state index >= 15 is 0 Å². The summed E-state index contributed by atoms with van der Waals surface area (Å²) in [6, 6.07) is 10.3. The standard InChI is InChI=1S/C17H15FN2O/c1-10-7-14-15(8-11(10)2)20-17(21)16(19-14)9-12-5-3-4-6-13(12)18/h3-8H,9H2,1-2H3,(H,20,21). The van der Waals surface area contributed by atoms with Gasteiger partial charge >= 0.3 is 0 Å². The highest BCUT2D eigenvalue weighted by Gasteiger charge is 2.09. The summed E-state index contributed by atoms with van der Waals surface area (Å²) in [5, 5.41) is 0. The van der Waals surface area contributed by atoms with Crippen LogP contribution in [-0.2, 0) is 6.42 Å². The molecule has 0 saturated carbocycles. The van der Waals surface area contributed by atoms with Gasteiger partial charge in [-0.15, -0.1) is 0 Å². The van der Waals surface area contributed by atoms with Crippen LogP contribution in [0.15, 0.2) is 41.2 Å². The molecule has 106 valence electrons. The van der Waals surface area contributed by atoms with Gasteiger partial charge < -0.3 is 4.98 Å². The van der Waals surface area contributed by atoms with Crippen molar-refractivity contribution in [1.29, 1.82) is 0 Å². The molecule has 4 heteroatoms. The topological polar surface area (TPSA) is 45.8 Å². The fourth-order valence-corrected chi connectivity index (χ4v) is 2.33. The first-order valence-corrected chi connectivity index (χ1v) is 6.78. The average molecular weight is 282 g/mol. The molecular formula is C17H15FN2O. The van der Waals surface area contributed by atoms with Crippen LogP contribution in [0.5, 0.6) is 0 Å². The number of fused-ring (bicyclic) bond motifs is 1. The second-order valence-corrected chi connectivity index (χ2v) is 5.23. The quantitative estimate of drug-likeness (QED) is 0.784. The molecule has 0 unspecified atom stereocenters. The SMILES string of the molecule is Cc1cc2nc(Cc3ccccc3F)c(=O)[nH]c2cc1C. The van der Waals surface area contributed by atoms with Crippen LogP contribution in [0.1, 0.15) is 22.4 Å². The predicted octanol–water partition coefficient (Wildman–Crippen LogP) is 3.27. The Labute approximate surface area is 121 Å². The summed E-state index contributed by atoms with van der Waals surface area (Å²) in [7, 11) is 0. The van der Waals surface area contributed by atoms with Crippen LogP contribution in [0.3, 0.4) is 0 Å². The Hall–Kier alpha value is -2.49. The summed E-state index contributed by atoms with van der Waals surface area (Å²) >= 11 is 0. The van der Waals surface area contributed by atoms with Gasteiger partial charge in [0.25, 0.3) is 5.56 Å². The van der Waals surface area contributed by atoms with Gasteiger partial charge in [0, 0.05) is 6.42 Å². The van der Waals surface area contributed by atoms with Crippen LogP contribution in [0.2, 0.25) is 0 Å². The maximum atomic E-state index is 13.7. The summed E-state index contributed by atoms with van der Waals surface area (Å²) in [5.41, 5.74) is 4.17. The van der Waals surface area contributed by atoms with Gasteiger partial charge in [-0.1, -0.05) is 18.2 Å². The first kappa shape index (κ1) is 13.5. The number of aromatic nitrogens is 2. The molecule has 3 aromatic rings. The van der Waals surface area contributed by atoms with Crippen LogP contribution in [0.4, 0.5) is 4.39 Å². The van der Waals surface area contributed by atoms with Crippen LogP contribution < -0.4 is 5.56 Å². The maximum absolute atomic E-state index is 13.7. The van der Waals surface area contributed by atoms with Gasteiger partial charge in [0.15, 0.2) is 0 Å². The van der Waals surface area contributed by atoms with E-state index < -0.39 is 0 Å². The zero-order valence-corrected chi connectivity index (χ0v) is 11.9. The third-order valence-corrected chi connectivity index (χ3v) is 3.69. The fourth-order valence-electron chi connectivity index (χ4n) is 2.33. The van der Waals surface area contributed by atoms with Crippen molar-refractivity contribution in [2.45, 2.75) is 20.3 Å². The number of nitrogens with one attached hydrogen (secondary N) is 1. The lowest BCUT2D eigenvalue weighted by Gasteiger charge is -2.06. The molecule has 3 nitrogen and oxygen atoms in total. The molecule has 0 aliphatic carbocycles. The van der Waals surface area contributed by atoms with Gasteiger partial charge in [-0.3, -0.25) is 4.79 Å². The molecule has 1 aromatic heterocycles. The Morgan fingerprint density at radius 3 is 2.62 bits per heavy atom. The van der Waals surface area contributed by atoms with E-state index in [2.05, 4.69) is 9.97 Å². The van der Waals surface area contributed by atoms with Crippen molar-refractivity contribution in [3.8, 4) is 0 Å². The second kappa shape index (κ2) is 5.13. The van der Waals surface area contributed by atoms with E-state index in [0.29, 0.717) is 16.8 Å². The van der Waals surface area contributed by atoms with Crippen LogP contribution >= 0.6 is 0 Å². The van der Waals surface area contributed by atoms with Gasteiger partial charge in [-0.05, 0) is 48.7 Å². The highest BCUT2D eigenvalue weighted by Crippen LogP contribution is 2.16. The lowest BCUT2D eigenvalue weighted by atomic mass is 10.1. The molecule has 0 radical (unpaired) electrons. The number of rotatable bonds is 2. The van der Waals surface area contributed by atoms with E-state index in [-0.39, 0.29) is 17.8 Å². The smallest absolute Gasteiger partial charge is 0.270 e. The molecule has 0 fully saturated rings. The van der Waals surface area contributed by atoms with E-state index in [0.717, 1.165) is 16.6 Å². The van der Waals surface area contributed by atoms with Crippen molar-refractivity contribution in [1.82, 2.24) is 9.97 Å². The number of hydrogen-bond acceptors (Lipinski definition) is 2.